The van der Waals surface area contributed by atoms with E-state index in [0.29, 0.717) is 15.6 Å². The second-order valence-corrected chi connectivity index (χ2v) is 5.08. The summed E-state index contributed by atoms with van der Waals surface area (Å²) in [6.07, 6.45) is 0. The maximum atomic E-state index is 13.7. The molecule has 2 rings (SSSR count). The quantitative estimate of drug-likeness (QED) is 0.838. The molecule has 0 saturated heterocycles. The van der Waals surface area contributed by atoms with Crippen LogP contribution in [-0.2, 0) is 0 Å². The van der Waals surface area contributed by atoms with Crippen molar-refractivity contribution in [1.82, 2.24) is 0 Å². The summed E-state index contributed by atoms with van der Waals surface area (Å²) >= 11 is 7.08. The highest BCUT2D eigenvalue weighted by atomic mass is 35.5. The van der Waals surface area contributed by atoms with Crippen molar-refractivity contribution < 1.29 is 9.18 Å². The monoisotopic (exact) mass is 308 g/mol. The zero-order chi connectivity index (χ0) is 14.5. The molecule has 20 heavy (non-hydrogen) atoms. The van der Waals surface area contributed by atoms with E-state index in [9.17, 15) is 9.18 Å². The van der Waals surface area contributed by atoms with Gasteiger partial charge in [0.2, 0.25) is 0 Å². The highest BCUT2D eigenvalue weighted by Crippen LogP contribution is 2.23. The normalized spacial score (nSPS) is 9.75. The average Bonchev–Trinajstić information content (AvgIpc) is 2.84. The lowest BCUT2D eigenvalue weighted by Crippen LogP contribution is -2.10. The number of halogens is 2. The van der Waals surface area contributed by atoms with Crippen LogP contribution < -0.4 is 11.1 Å². The third-order valence-electron chi connectivity index (χ3n) is 2.38. The van der Waals surface area contributed by atoms with Gasteiger partial charge in [0.1, 0.15) is 10.7 Å². The first-order valence-corrected chi connectivity index (χ1v) is 6.90. The van der Waals surface area contributed by atoms with E-state index in [1.807, 2.05) is 0 Å². The number of nitrogens with one attached hydrogen (secondary N) is 1. The van der Waals surface area contributed by atoms with Gasteiger partial charge in [-0.1, -0.05) is 23.4 Å². The summed E-state index contributed by atoms with van der Waals surface area (Å²) < 4.78 is 13.7. The van der Waals surface area contributed by atoms with Crippen molar-refractivity contribution in [3.05, 3.63) is 50.9 Å². The van der Waals surface area contributed by atoms with Gasteiger partial charge in [-0.15, -0.1) is 11.3 Å². The van der Waals surface area contributed by atoms with E-state index in [-0.39, 0.29) is 18.0 Å². The first kappa shape index (κ1) is 14.5. The van der Waals surface area contributed by atoms with E-state index >= 15 is 0 Å². The molecule has 1 aromatic heterocycles. The molecule has 2 aromatic rings. The summed E-state index contributed by atoms with van der Waals surface area (Å²) in [5.74, 6) is 4.30. The van der Waals surface area contributed by atoms with Gasteiger partial charge in [-0.25, -0.2) is 4.39 Å². The largest absolute Gasteiger partial charge is 0.321 e. The number of rotatable bonds is 2. The molecule has 0 atom stereocenters. The standard InChI is InChI=1S/C14H10ClFN2OS/c15-11-5-7-20-13(11)14(19)18-10-4-3-9(2-1-6-17)12(16)8-10/h3-5,7-8H,6,17H2,(H,18,19). The molecule has 0 saturated carbocycles. The minimum atomic E-state index is -0.513. The fourth-order valence-corrected chi connectivity index (χ4v) is 2.52. The van der Waals surface area contributed by atoms with E-state index in [2.05, 4.69) is 17.2 Å². The van der Waals surface area contributed by atoms with Crippen LogP contribution in [0.15, 0.2) is 29.6 Å². The Morgan fingerprint density at radius 2 is 2.25 bits per heavy atom. The number of amides is 1. The van der Waals surface area contributed by atoms with Crippen molar-refractivity contribution in [2.24, 2.45) is 5.73 Å². The molecule has 102 valence electrons. The topological polar surface area (TPSA) is 55.1 Å². The predicted molar refractivity (Wildman–Crippen MR) is 79.6 cm³/mol. The zero-order valence-corrected chi connectivity index (χ0v) is 11.8. The second-order valence-electron chi connectivity index (χ2n) is 3.75. The van der Waals surface area contributed by atoms with Crippen LogP contribution >= 0.6 is 22.9 Å². The van der Waals surface area contributed by atoms with E-state index in [4.69, 9.17) is 17.3 Å². The van der Waals surface area contributed by atoms with Crippen LogP contribution in [-0.4, -0.2) is 12.5 Å². The third kappa shape index (κ3) is 3.36. The Labute approximate surface area is 124 Å². The third-order valence-corrected chi connectivity index (χ3v) is 3.72. The van der Waals surface area contributed by atoms with Crippen LogP contribution in [0.25, 0.3) is 0 Å². The molecule has 1 aromatic carbocycles. The maximum absolute atomic E-state index is 13.7. The molecule has 6 heteroatoms. The number of thiophene rings is 1. The molecule has 3 nitrogen and oxygen atoms in total. The molecule has 0 aliphatic heterocycles. The van der Waals surface area contributed by atoms with Gasteiger partial charge >= 0.3 is 0 Å². The van der Waals surface area contributed by atoms with Crippen molar-refractivity contribution in [3.63, 3.8) is 0 Å². The lowest BCUT2D eigenvalue weighted by molar-refractivity contribution is 0.103. The minimum Gasteiger partial charge on any atom is -0.321 e. The van der Waals surface area contributed by atoms with Gasteiger partial charge in [0.05, 0.1) is 17.1 Å². The molecular weight excluding hydrogens is 299 g/mol. The molecule has 0 radical (unpaired) electrons. The number of nitrogens with two attached hydrogens (primary N) is 1. The molecule has 0 aliphatic carbocycles. The van der Waals surface area contributed by atoms with Gasteiger partial charge in [-0.05, 0) is 29.6 Å². The van der Waals surface area contributed by atoms with Crippen molar-refractivity contribution in [1.29, 1.82) is 0 Å². The van der Waals surface area contributed by atoms with Crippen LogP contribution in [0, 0.1) is 17.7 Å². The van der Waals surface area contributed by atoms with Crippen LogP contribution in [0.2, 0.25) is 5.02 Å². The zero-order valence-electron chi connectivity index (χ0n) is 10.2. The van der Waals surface area contributed by atoms with E-state index in [1.165, 1.54) is 23.5 Å². The Bertz CT molecular complexity index is 703. The Morgan fingerprint density at radius 3 is 2.85 bits per heavy atom. The predicted octanol–water partition coefficient (Wildman–Crippen LogP) is 3.10. The Hall–Kier alpha value is -1.87. The SMILES string of the molecule is NCC#Cc1ccc(NC(=O)c2sccc2Cl)cc1F. The number of hydrogen-bond acceptors (Lipinski definition) is 3. The van der Waals surface area contributed by atoms with Crippen LogP contribution in [0.3, 0.4) is 0 Å². The number of hydrogen-bond donors (Lipinski definition) is 2. The first-order chi connectivity index (χ1) is 9.61. The highest BCUT2D eigenvalue weighted by Gasteiger charge is 2.12. The maximum Gasteiger partial charge on any atom is 0.267 e. The molecular formula is C14H10ClFN2OS. The molecule has 1 heterocycles. The van der Waals surface area contributed by atoms with Crippen LogP contribution in [0.4, 0.5) is 10.1 Å². The van der Waals surface area contributed by atoms with Gasteiger partial charge < -0.3 is 11.1 Å². The van der Waals surface area contributed by atoms with E-state index in [1.54, 1.807) is 17.5 Å². The van der Waals surface area contributed by atoms with Crippen molar-refractivity contribution in [3.8, 4) is 11.8 Å². The highest BCUT2D eigenvalue weighted by molar-refractivity contribution is 7.12. The van der Waals surface area contributed by atoms with E-state index < -0.39 is 5.82 Å². The summed E-state index contributed by atoms with van der Waals surface area (Å²) in [5.41, 5.74) is 5.81. The number of anilines is 1. The van der Waals surface area contributed by atoms with Crippen LogP contribution in [0.1, 0.15) is 15.2 Å². The fraction of sp³-hybridized carbons (Fsp3) is 0.0714. The first-order valence-electron chi connectivity index (χ1n) is 5.64. The molecule has 0 unspecified atom stereocenters. The fourth-order valence-electron chi connectivity index (χ4n) is 1.48. The lowest BCUT2D eigenvalue weighted by atomic mass is 10.2. The number of benzene rings is 1. The molecule has 0 spiro atoms. The van der Waals surface area contributed by atoms with Gasteiger partial charge in [0, 0.05) is 5.69 Å². The van der Waals surface area contributed by atoms with Crippen molar-refractivity contribution in [2.75, 3.05) is 11.9 Å². The summed E-state index contributed by atoms with van der Waals surface area (Å²) in [7, 11) is 0. The lowest BCUT2D eigenvalue weighted by Gasteiger charge is -2.05. The van der Waals surface area contributed by atoms with Gasteiger partial charge in [0.25, 0.3) is 5.91 Å². The summed E-state index contributed by atoms with van der Waals surface area (Å²) in [6, 6.07) is 5.90. The van der Waals surface area contributed by atoms with Crippen molar-refractivity contribution in [2.45, 2.75) is 0 Å². The Kier molecular flexibility index (Phi) is 4.74. The van der Waals surface area contributed by atoms with Crippen molar-refractivity contribution >= 4 is 34.5 Å². The summed E-state index contributed by atoms with van der Waals surface area (Å²) in [5, 5.41) is 4.67. The molecule has 0 bridgehead atoms. The summed E-state index contributed by atoms with van der Waals surface area (Å²) in [6.45, 7) is 0.162. The average molecular weight is 309 g/mol. The Morgan fingerprint density at radius 1 is 1.45 bits per heavy atom. The summed E-state index contributed by atoms with van der Waals surface area (Å²) in [4.78, 5) is 12.3. The second kappa shape index (κ2) is 6.53. The van der Waals surface area contributed by atoms with Crippen LogP contribution in [0.5, 0.6) is 0 Å². The number of carbonyl (C=O) groups is 1. The molecule has 0 fully saturated rings. The molecule has 1 amide bonds. The molecule has 0 aliphatic rings. The smallest absolute Gasteiger partial charge is 0.267 e. The van der Waals surface area contributed by atoms with Gasteiger partial charge in [-0.3, -0.25) is 4.79 Å². The minimum absolute atomic E-state index is 0.162. The van der Waals surface area contributed by atoms with Gasteiger partial charge in [-0.2, -0.15) is 0 Å². The molecule has 3 N–H and O–H groups in total. The van der Waals surface area contributed by atoms with E-state index in [0.717, 1.165) is 0 Å². The number of carbonyl (C=O) groups excluding carboxylic acids is 1. The Balaban J connectivity index is 2.17. The van der Waals surface area contributed by atoms with Gasteiger partial charge in [0.15, 0.2) is 0 Å².